The van der Waals surface area contributed by atoms with E-state index in [2.05, 4.69) is 10.3 Å². The molecule has 2 aromatic carbocycles. The summed E-state index contributed by atoms with van der Waals surface area (Å²) < 4.78 is 27.6. The maximum atomic E-state index is 12.2. The van der Waals surface area contributed by atoms with E-state index in [1.165, 1.54) is 31.2 Å². The number of para-hydroxylation sites is 1. The quantitative estimate of drug-likeness (QED) is 0.576. The molecule has 1 atom stereocenters. The number of amides is 1. The number of H-pyrrole nitrogens is 1. The van der Waals surface area contributed by atoms with Gasteiger partial charge in [-0.3, -0.25) is 4.79 Å². The molecule has 0 saturated carbocycles. The first kappa shape index (κ1) is 18.6. The number of esters is 1. The van der Waals surface area contributed by atoms with E-state index in [0.29, 0.717) is 5.69 Å². The van der Waals surface area contributed by atoms with Crippen molar-refractivity contribution in [1.82, 2.24) is 4.98 Å². The van der Waals surface area contributed by atoms with Crippen LogP contribution in [0.25, 0.3) is 10.9 Å². The predicted octanol–water partition coefficient (Wildman–Crippen LogP) is 2.00. The van der Waals surface area contributed by atoms with Gasteiger partial charge in [0.25, 0.3) is 5.91 Å². The Morgan fingerprint density at radius 1 is 1.11 bits per heavy atom. The summed E-state index contributed by atoms with van der Waals surface area (Å²) in [5.41, 5.74) is 1.38. The summed E-state index contributed by atoms with van der Waals surface area (Å²) in [6.07, 6.45) is -1.05. The molecule has 0 spiro atoms. The number of hydrogen-bond donors (Lipinski definition) is 3. The normalized spacial score (nSPS) is 12.5. The Bertz CT molecular complexity index is 1070. The molecule has 0 bridgehead atoms. The van der Waals surface area contributed by atoms with Crippen LogP contribution in [0.2, 0.25) is 0 Å². The number of rotatable bonds is 5. The number of ether oxygens (including phenoxy) is 1. The molecule has 0 radical (unpaired) electrons. The number of nitrogens with one attached hydrogen (secondary N) is 2. The Kier molecular flexibility index (Phi) is 4.98. The molecule has 1 aromatic heterocycles. The minimum absolute atomic E-state index is 0.0706. The molecule has 0 aliphatic heterocycles. The molecule has 140 valence electrons. The lowest BCUT2D eigenvalue weighted by molar-refractivity contribution is -0.123. The molecule has 3 rings (SSSR count). The van der Waals surface area contributed by atoms with Crippen molar-refractivity contribution in [2.24, 2.45) is 5.14 Å². The van der Waals surface area contributed by atoms with Crippen LogP contribution in [0.15, 0.2) is 59.5 Å². The Labute approximate surface area is 155 Å². The van der Waals surface area contributed by atoms with Gasteiger partial charge in [-0.2, -0.15) is 0 Å². The van der Waals surface area contributed by atoms with E-state index >= 15 is 0 Å². The van der Waals surface area contributed by atoms with Gasteiger partial charge < -0.3 is 15.0 Å². The summed E-state index contributed by atoms with van der Waals surface area (Å²) in [4.78, 5) is 27.3. The van der Waals surface area contributed by atoms with Crippen molar-refractivity contribution in [2.45, 2.75) is 17.9 Å². The highest BCUT2D eigenvalue weighted by molar-refractivity contribution is 7.89. The maximum Gasteiger partial charge on any atom is 0.355 e. The van der Waals surface area contributed by atoms with Crippen LogP contribution in [0.5, 0.6) is 0 Å². The Morgan fingerprint density at radius 3 is 2.41 bits per heavy atom. The number of carbonyl (C=O) groups excluding carboxylic acids is 2. The average molecular weight is 387 g/mol. The van der Waals surface area contributed by atoms with E-state index in [9.17, 15) is 18.0 Å². The first-order valence-electron chi connectivity index (χ1n) is 7.96. The number of aromatic amines is 1. The first-order chi connectivity index (χ1) is 12.7. The van der Waals surface area contributed by atoms with Crippen LogP contribution >= 0.6 is 0 Å². The third kappa shape index (κ3) is 4.33. The molecule has 8 nitrogen and oxygen atoms in total. The fourth-order valence-corrected chi connectivity index (χ4v) is 2.95. The van der Waals surface area contributed by atoms with Crippen LogP contribution in [-0.2, 0) is 19.6 Å². The maximum absolute atomic E-state index is 12.2. The fourth-order valence-electron chi connectivity index (χ4n) is 2.43. The molecule has 1 amide bonds. The largest absolute Gasteiger partial charge is 0.448 e. The van der Waals surface area contributed by atoms with Crippen molar-refractivity contribution in [2.75, 3.05) is 5.32 Å². The van der Waals surface area contributed by atoms with E-state index in [0.717, 1.165) is 10.9 Å². The number of benzene rings is 2. The SMILES string of the molecule is C[C@H](OC(=O)c1cc2ccccc2[nH]1)C(=O)Nc1ccc(S(N)(=O)=O)cc1. The van der Waals surface area contributed by atoms with Gasteiger partial charge in [-0.15, -0.1) is 0 Å². The average Bonchev–Trinajstić information content (AvgIpc) is 3.05. The molecule has 0 aliphatic carbocycles. The van der Waals surface area contributed by atoms with E-state index in [-0.39, 0.29) is 10.6 Å². The number of anilines is 1. The summed E-state index contributed by atoms with van der Waals surface area (Å²) in [6, 6.07) is 14.3. The summed E-state index contributed by atoms with van der Waals surface area (Å²) in [5, 5.41) is 8.42. The van der Waals surface area contributed by atoms with Crippen LogP contribution in [0.4, 0.5) is 5.69 Å². The lowest BCUT2D eigenvalue weighted by atomic mass is 10.2. The highest BCUT2D eigenvalue weighted by Gasteiger charge is 2.20. The van der Waals surface area contributed by atoms with Gasteiger partial charge in [0, 0.05) is 16.6 Å². The van der Waals surface area contributed by atoms with Crippen LogP contribution in [-0.4, -0.2) is 31.4 Å². The number of aromatic nitrogens is 1. The zero-order chi connectivity index (χ0) is 19.6. The molecule has 3 aromatic rings. The minimum atomic E-state index is -3.81. The molecule has 0 fully saturated rings. The van der Waals surface area contributed by atoms with Crippen LogP contribution in [0.3, 0.4) is 0 Å². The summed E-state index contributed by atoms with van der Waals surface area (Å²) in [5.74, 6) is -1.21. The second kappa shape index (κ2) is 7.22. The monoisotopic (exact) mass is 387 g/mol. The molecule has 27 heavy (non-hydrogen) atoms. The Hall–Kier alpha value is -3.17. The predicted molar refractivity (Wildman–Crippen MR) is 99.6 cm³/mol. The Morgan fingerprint density at radius 2 is 1.78 bits per heavy atom. The van der Waals surface area contributed by atoms with Gasteiger partial charge in [0.15, 0.2) is 6.10 Å². The highest BCUT2D eigenvalue weighted by Crippen LogP contribution is 2.17. The zero-order valence-electron chi connectivity index (χ0n) is 14.3. The molecular formula is C18H17N3O5S. The number of fused-ring (bicyclic) bond motifs is 1. The van der Waals surface area contributed by atoms with Gasteiger partial charge in [-0.05, 0) is 43.3 Å². The number of sulfonamides is 1. The van der Waals surface area contributed by atoms with Crippen molar-refractivity contribution in [1.29, 1.82) is 0 Å². The number of hydrogen-bond acceptors (Lipinski definition) is 5. The highest BCUT2D eigenvalue weighted by atomic mass is 32.2. The van der Waals surface area contributed by atoms with Crippen LogP contribution in [0, 0.1) is 0 Å². The molecule has 0 saturated heterocycles. The molecule has 0 aliphatic rings. The van der Waals surface area contributed by atoms with Gasteiger partial charge in [0.05, 0.1) is 4.90 Å². The molecule has 1 heterocycles. The van der Waals surface area contributed by atoms with Crippen LogP contribution < -0.4 is 10.5 Å². The number of carbonyl (C=O) groups is 2. The third-order valence-corrected chi connectivity index (χ3v) is 4.78. The number of nitrogens with two attached hydrogens (primary N) is 1. The fraction of sp³-hybridized carbons (Fsp3) is 0.111. The third-order valence-electron chi connectivity index (χ3n) is 3.85. The standard InChI is InChI=1S/C18H17N3O5S/c1-11(17(22)20-13-6-8-14(9-7-13)27(19,24)25)26-18(23)16-10-12-4-2-3-5-15(12)21-16/h2-11,21H,1H3,(H,20,22)(H2,19,24,25)/t11-/m0/s1. The minimum Gasteiger partial charge on any atom is -0.448 e. The topological polar surface area (TPSA) is 131 Å². The molecular weight excluding hydrogens is 370 g/mol. The molecule has 4 N–H and O–H groups in total. The van der Waals surface area contributed by atoms with Gasteiger partial charge in [0.2, 0.25) is 10.0 Å². The van der Waals surface area contributed by atoms with Crippen LogP contribution in [0.1, 0.15) is 17.4 Å². The van der Waals surface area contributed by atoms with Gasteiger partial charge >= 0.3 is 5.97 Å². The first-order valence-corrected chi connectivity index (χ1v) is 9.51. The number of primary sulfonamides is 1. The lowest BCUT2D eigenvalue weighted by Crippen LogP contribution is -2.30. The van der Waals surface area contributed by atoms with E-state index < -0.39 is 28.0 Å². The smallest absolute Gasteiger partial charge is 0.355 e. The van der Waals surface area contributed by atoms with E-state index in [1.54, 1.807) is 6.07 Å². The van der Waals surface area contributed by atoms with Gasteiger partial charge in [-0.25, -0.2) is 18.4 Å². The second-order valence-corrected chi connectivity index (χ2v) is 7.44. The summed E-state index contributed by atoms with van der Waals surface area (Å²) >= 11 is 0. The van der Waals surface area contributed by atoms with Crippen molar-refractivity contribution in [3.8, 4) is 0 Å². The second-order valence-electron chi connectivity index (χ2n) is 5.88. The van der Waals surface area contributed by atoms with Crippen molar-refractivity contribution < 1.29 is 22.7 Å². The van der Waals surface area contributed by atoms with Crippen molar-refractivity contribution in [3.63, 3.8) is 0 Å². The summed E-state index contributed by atoms with van der Waals surface area (Å²) in [7, 11) is -3.81. The van der Waals surface area contributed by atoms with E-state index in [4.69, 9.17) is 9.88 Å². The van der Waals surface area contributed by atoms with E-state index in [1.807, 2.05) is 24.3 Å². The summed E-state index contributed by atoms with van der Waals surface area (Å²) in [6.45, 7) is 1.44. The van der Waals surface area contributed by atoms with Gasteiger partial charge in [-0.1, -0.05) is 18.2 Å². The zero-order valence-corrected chi connectivity index (χ0v) is 15.1. The van der Waals surface area contributed by atoms with Crippen molar-refractivity contribution in [3.05, 3.63) is 60.3 Å². The molecule has 0 unspecified atom stereocenters. The molecule has 9 heteroatoms. The van der Waals surface area contributed by atoms with Gasteiger partial charge in [0.1, 0.15) is 5.69 Å². The van der Waals surface area contributed by atoms with Crippen molar-refractivity contribution >= 4 is 38.5 Å². The lowest BCUT2D eigenvalue weighted by Gasteiger charge is -2.13. The Balaban J connectivity index is 1.64.